The molecule has 0 saturated carbocycles. The summed E-state index contributed by atoms with van der Waals surface area (Å²) in [6.45, 7) is 10.0. The number of carbonyl (C=O) groups excluding carboxylic acids is 1. The number of carbonyl (C=O) groups is 3. The summed E-state index contributed by atoms with van der Waals surface area (Å²) in [5, 5.41) is 20.2. The molecule has 0 rings (SSSR count). The highest BCUT2D eigenvalue weighted by atomic mass is 32.2. The number of carboxylic acid groups (broad SMARTS) is 2. The number of esters is 1. The second-order valence-electron chi connectivity index (χ2n) is 14.5. The smallest absolute Gasteiger partial charge is 0.324 e. The van der Waals surface area contributed by atoms with E-state index < -0.39 is 35.8 Å². The molecule has 49 heavy (non-hydrogen) atoms. The summed E-state index contributed by atoms with van der Waals surface area (Å²) in [6.07, 6.45) is 31.2. The van der Waals surface area contributed by atoms with Crippen LogP contribution in [-0.2, 0) is 19.1 Å². The normalized spacial score (nSPS) is 14.5. The molecular weight excluding hydrogens is 635 g/mol. The molecule has 5 atom stereocenters. The van der Waals surface area contributed by atoms with Gasteiger partial charge in [-0.2, -0.15) is 11.8 Å². The van der Waals surface area contributed by atoms with Crippen molar-refractivity contribution >= 4 is 29.7 Å². The van der Waals surface area contributed by atoms with E-state index in [1.165, 1.54) is 127 Å². The Balaban J connectivity index is 4.98. The van der Waals surface area contributed by atoms with E-state index in [-0.39, 0.29) is 23.5 Å². The summed E-state index contributed by atoms with van der Waals surface area (Å²) >= 11 is 1.43. The van der Waals surface area contributed by atoms with Crippen LogP contribution in [0.4, 0.5) is 0 Å². The van der Waals surface area contributed by atoms with Gasteiger partial charge in [0.05, 0.1) is 11.8 Å². The SMILES string of the molecule is C=CCOC(=O)[C@@H](N)CSC(CCCCCCCCCCCCC)C(CC(C)C(CCCCCCCCCCCCCC)C(=O)O)C(=O)O. The molecular formula is C41H77NO6S. The first kappa shape index (κ1) is 47.5. The van der Waals surface area contributed by atoms with E-state index in [1.807, 2.05) is 6.92 Å². The number of nitrogens with two attached hydrogens (primary N) is 1. The highest BCUT2D eigenvalue weighted by molar-refractivity contribution is 8.00. The van der Waals surface area contributed by atoms with Gasteiger partial charge < -0.3 is 20.7 Å². The fraction of sp³-hybridized carbons (Fsp3) is 0.878. The molecule has 0 heterocycles. The quantitative estimate of drug-likeness (QED) is 0.0330. The Morgan fingerprint density at radius 3 is 1.43 bits per heavy atom. The largest absolute Gasteiger partial charge is 0.481 e. The molecule has 288 valence electrons. The van der Waals surface area contributed by atoms with Crippen molar-refractivity contribution in [2.24, 2.45) is 23.5 Å². The molecule has 0 aromatic heterocycles. The predicted molar refractivity (Wildman–Crippen MR) is 208 cm³/mol. The van der Waals surface area contributed by atoms with Crippen molar-refractivity contribution in [1.82, 2.24) is 0 Å². The first-order valence-corrected chi connectivity index (χ1v) is 21.3. The van der Waals surface area contributed by atoms with Crippen LogP contribution in [0.2, 0.25) is 0 Å². The van der Waals surface area contributed by atoms with E-state index in [9.17, 15) is 24.6 Å². The van der Waals surface area contributed by atoms with Crippen molar-refractivity contribution in [3.63, 3.8) is 0 Å². The monoisotopic (exact) mass is 712 g/mol. The molecule has 0 aromatic rings. The average Bonchev–Trinajstić information content (AvgIpc) is 3.08. The maximum absolute atomic E-state index is 12.7. The third kappa shape index (κ3) is 26.9. The van der Waals surface area contributed by atoms with Gasteiger partial charge in [-0.25, -0.2) is 0 Å². The van der Waals surface area contributed by atoms with Gasteiger partial charge in [0, 0.05) is 11.0 Å². The Labute approximate surface area is 305 Å². The number of thioether (sulfide) groups is 1. The molecule has 4 unspecified atom stereocenters. The predicted octanol–water partition coefficient (Wildman–Crippen LogP) is 11.4. The fourth-order valence-electron chi connectivity index (χ4n) is 6.79. The minimum absolute atomic E-state index is 0.0877. The van der Waals surface area contributed by atoms with Gasteiger partial charge in [-0.05, 0) is 25.2 Å². The van der Waals surface area contributed by atoms with Crippen LogP contribution in [0.25, 0.3) is 0 Å². The van der Waals surface area contributed by atoms with Crippen LogP contribution in [0.5, 0.6) is 0 Å². The molecule has 7 nitrogen and oxygen atoms in total. The van der Waals surface area contributed by atoms with Crippen molar-refractivity contribution in [1.29, 1.82) is 0 Å². The van der Waals surface area contributed by atoms with E-state index in [2.05, 4.69) is 20.4 Å². The van der Waals surface area contributed by atoms with Gasteiger partial charge in [0.25, 0.3) is 0 Å². The molecule has 0 aliphatic heterocycles. The first-order valence-electron chi connectivity index (χ1n) is 20.3. The van der Waals surface area contributed by atoms with E-state index in [4.69, 9.17) is 10.5 Å². The Hall–Kier alpha value is -1.54. The van der Waals surface area contributed by atoms with Crippen LogP contribution in [0.1, 0.15) is 188 Å². The van der Waals surface area contributed by atoms with Gasteiger partial charge in [0.2, 0.25) is 0 Å². The van der Waals surface area contributed by atoms with E-state index in [0.717, 1.165) is 38.5 Å². The lowest BCUT2D eigenvalue weighted by atomic mass is 9.81. The summed E-state index contributed by atoms with van der Waals surface area (Å²) in [5.41, 5.74) is 6.11. The van der Waals surface area contributed by atoms with Crippen molar-refractivity contribution < 1.29 is 29.3 Å². The number of hydrogen-bond acceptors (Lipinski definition) is 6. The summed E-state index contributed by atoms with van der Waals surface area (Å²) in [4.78, 5) is 37.3. The van der Waals surface area contributed by atoms with Gasteiger partial charge in [0.1, 0.15) is 12.6 Å². The maximum Gasteiger partial charge on any atom is 0.324 e. The van der Waals surface area contributed by atoms with Crippen LogP contribution >= 0.6 is 11.8 Å². The lowest BCUT2D eigenvalue weighted by Crippen LogP contribution is -2.37. The Morgan fingerprint density at radius 1 is 0.653 bits per heavy atom. The Bertz CT molecular complexity index is 824. The topological polar surface area (TPSA) is 127 Å². The maximum atomic E-state index is 12.7. The molecule has 0 saturated heterocycles. The van der Waals surface area contributed by atoms with E-state index >= 15 is 0 Å². The molecule has 0 aliphatic carbocycles. The van der Waals surface area contributed by atoms with Crippen molar-refractivity contribution in [3.05, 3.63) is 12.7 Å². The zero-order valence-electron chi connectivity index (χ0n) is 32.0. The number of aliphatic carboxylic acids is 2. The van der Waals surface area contributed by atoms with Crippen molar-refractivity contribution in [2.45, 2.75) is 199 Å². The molecule has 0 aliphatic rings. The number of hydrogen-bond donors (Lipinski definition) is 3. The highest BCUT2D eigenvalue weighted by Crippen LogP contribution is 2.34. The fourth-order valence-corrected chi connectivity index (χ4v) is 8.17. The van der Waals surface area contributed by atoms with E-state index in [0.29, 0.717) is 19.3 Å². The second kappa shape index (κ2) is 33.6. The molecule has 0 bridgehead atoms. The average molecular weight is 712 g/mol. The minimum Gasteiger partial charge on any atom is -0.481 e. The number of ether oxygens (including phenoxy) is 1. The lowest BCUT2D eigenvalue weighted by Gasteiger charge is -2.29. The summed E-state index contributed by atoms with van der Waals surface area (Å²) in [7, 11) is 0. The highest BCUT2D eigenvalue weighted by Gasteiger charge is 2.34. The number of carboxylic acids is 2. The van der Waals surface area contributed by atoms with Gasteiger partial charge in [-0.15, -0.1) is 0 Å². The number of rotatable bonds is 37. The zero-order chi connectivity index (χ0) is 36.5. The first-order chi connectivity index (χ1) is 23.7. The van der Waals surface area contributed by atoms with Crippen molar-refractivity contribution in [2.75, 3.05) is 12.4 Å². The van der Waals surface area contributed by atoms with Gasteiger partial charge in [-0.3, -0.25) is 14.4 Å². The summed E-state index contributed by atoms with van der Waals surface area (Å²) in [5.74, 6) is -3.52. The molecule has 8 heteroatoms. The molecule has 0 radical (unpaired) electrons. The molecule has 0 aromatic carbocycles. The Morgan fingerprint density at radius 2 is 1.04 bits per heavy atom. The van der Waals surface area contributed by atoms with Gasteiger partial charge in [0.15, 0.2) is 0 Å². The van der Waals surface area contributed by atoms with Crippen molar-refractivity contribution in [3.8, 4) is 0 Å². The number of unbranched alkanes of at least 4 members (excludes halogenated alkanes) is 21. The standard InChI is InChI=1S/C41H77NO6S/c1-5-8-10-12-14-16-18-20-21-23-25-27-29-35(39(43)44)34(4)32-36(40(45)46)38(49-33-37(42)41(47)48-31-7-3)30-28-26-24-22-19-17-15-13-11-9-6-2/h7,34-38H,3,5-6,8-33,42H2,1-2,4H3,(H,43,44)(H,45,46)/t34?,35?,36?,37-,38?/m0/s1. The van der Waals surface area contributed by atoms with Gasteiger partial charge in [-0.1, -0.05) is 181 Å². The minimum atomic E-state index is -0.898. The van der Waals surface area contributed by atoms with E-state index in [1.54, 1.807) is 0 Å². The molecule has 0 spiro atoms. The Kier molecular flexibility index (Phi) is 32.5. The van der Waals surface area contributed by atoms with Crippen LogP contribution < -0.4 is 5.73 Å². The zero-order valence-corrected chi connectivity index (χ0v) is 32.8. The molecule has 4 N–H and O–H groups in total. The van der Waals surface area contributed by atoms with Crippen LogP contribution in [0.15, 0.2) is 12.7 Å². The molecule has 0 fully saturated rings. The van der Waals surface area contributed by atoms with Crippen LogP contribution in [0.3, 0.4) is 0 Å². The summed E-state index contributed by atoms with van der Waals surface area (Å²) < 4.78 is 5.11. The molecule has 0 amide bonds. The van der Waals surface area contributed by atoms with Crippen LogP contribution in [-0.4, -0.2) is 51.8 Å². The third-order valence-electron chi connectivity index (χ3n) is 9.99. The summed E-state index contributed by atoms with van der Waals surface area (Å²) in [6, 6.07) is -0.853. The third-order valence-corrected chi connectivity index (χ3v) is 11.5. The van der Waals surface area contributed by atoms with Gasteiger partial charge >= 0.3 is 17.9 Å². The lowest BCUT2D eigenvalue weighted by molar-refractivity contribution is -0.147. The second-order valence-corrected chi connectivity index (χ2v) is 15.8. The van der Waals surface area contributed by atoms with Crippen LogP contribution in [0, 0.1) is 17.8 Å².